The van der Waals surface area contributed by atoms with Crippen LogP contribution in [0.3, 0.4) is 0 Å². The fraction of sp³-hybridized carbons (Fsp3) is 0.244. The zero-order valence-electron chi connectivity index (χ0n) is 63.4. The number of nitrogens with one attached hydrogen (secondary N) is 1. The fourth-order valence-electron chi connectivity index (χ4n) is 14.3. The molecule has 4 aliphatic rings. The number of nitrogens with zero attached hydrogens (tertiary/aromatic N) is 8. The quantitative estimate of drug-likeness (QED) is 0.0944. The van der Waals surface area contributed by atoms with Gasteiger partial charge in [0.1, 0.15) is 76.1 Å². The number of halogens is 3. The average Bonchev–Trinajstić information content (AvgIpc) is 0.798. The van der Waals surface area contributed by atoms with Crippen LogP contribution < -0.4 is 41.8 Å². The molecule has 0 atom stereocenters. The lowest BCUT2D eigenvalue weighted by atomic mass is 9.87. The molecule has 574 valence electrons. The Morgan fingerprint density at radius 1 is 0.389 bits per heavy atom. The third-order valence-corrected chi connectivity index (χ3v) is 20.9. The molecule has 0 saturated carbocycles. The molecule has 113 heavy (non-hydrogen) atoms. The van der Waals surface area contributed by atoms with Crippen molar-refractivity contribution >= 4 is 52.0 Å². The Hall–Kier alpha value is -12.3. The number of aryl methyl sites for hydroxylation is 10. The van der Waals surface area contributed by atoms with Gasteiger partial charge in [0.05, 0.1) is 17.6 Å². The number of rotatable bonds is 16. The molecule has 0 fully saturated rings. The SMILES string of the molecule is Cc1cc(-c2cc3c(c(NCc4cccnc4)c2)CC(=O)CC3)cn(C)c1=O.Cc1cc(-c2cc3c(c(OCc4ccc(F)cn4)c2)CC(=O)CC3)cn(C)c1=O.Cn1cc(-c2cc3c(c(OCc4ccccn4)c2)CC(=O)CC3)cc(Cl)c1=O.Cn1cc(-c2cc3c(c(OCc4cccnc4)c2)CC(=O)CC3)cc(Cl)c1=O. The van der Waals surface area contributed by atoms with E-state index in [4.69, 9.17) is 37.4 Å². The number of anilines is 1. The van der Waals surface area contributed by atoms with E-state index >= 15 is 0 Å². The van der Waals surface area contributed by atoms with Gasteiger partial charge in [-0.15, -0.1) is 0 Å². The molecule has 0 spiro atoms. The number of carbonyl (C=O) groups is 4. The molecule has 20 nitrogen and oxygen atoms in total. The molecule has 1 N–H and O–H groups in total. The van der Waals surface area contributed by atoms with Crippen LogP contribution in [0.5, 0.6) is 17.2 Å². The van der Waals surface area contributed by atoms with Crippen LogP contribution in [0.1, 0.15) is 104 Å². The van der Waals surface area contributed by atoms with Gasteiger partial charge < -0.3 is 37.8 Å². The van der Waals surface area contributed by atoms with Gasteiger partial charge in [-0.3, -0.25) is 58.3 Å². The monoisotopic (exact) mass is 1550 g/mol. The summed E-state index contributed by atoms with van der Waals surface area (Å²) >= 11 is 12.2. The number of ketones is 4. The molecule has 8 heterocycles. The average molecular weight is 1560 g/mol. The Bertz CT molecular complexity index is 5380. The smallest absolute Gasteiger partial charge is 0.269 e. The molecule has 0 radical (unpaired) electrons. The highest BCUT2D eigenvalue weighted by Gasteiger charge is 2.27. The van der Waals surface area contributed by atoms with Crippen molar-refractivity contribution in [3.05, 3.63) is 325 Å². The number of benzene rings is 4. The zero-order valence-corrected chi connectivity index (χ0v) is 64.9. The van der Waals surface area contributed by atoms with E-state index in [9.17, 15) is 42.7 Å². The zero-order chi connectivity index (χ0) is 79.6. The fourth-order valence-corrected chi connectivity index (χ4v) is 14.8. The van der Waals surface area contributed by atoms with E-state index < -0.39 is 5.82 Å². The Labute approximate surface area is 661 Å². The Morgan fingerprint density at radius 3 is 1.19 bits per heavy atom. The largest absolute Gasteiger partial charge is 0.489 e. The second-order valence-electron chi connectivity index (χ2n) is 28.7. The van der Waals surface area contributed by atoms with E-state index in [1.165, 1.54) is 20.8 Å². The van der Waals surface area contributed by atoms with Gasteiger partial charge in [0.25, 0.3) is 22.2 Å². The molecule has 0 bridgehead atoms. The van der Waals surface area contributed by atoms with E-state index in [2.05, 4.69) is 55.6 Å². The normalized spacial score (nSPS) is 13.3. The third-order valence-electron chi connectivity index (χ3n) is 20.4. The summed E-state index contributed by atoms with van der Waals surface area (Å²) in [5, 5.41) is 3.84. The van der Waals surface area contributed by atoms with E-state index in [1.807, 2.05) is 92.1 Å². The van der Waals surface area contributed by atoms with Crippen LogP contribution in [0.2, 0.25) is 10.0 Å². The van der Waals surface area contributed by atoms with Crippen LogP contribution in [0.4, 0.5) is 10.1 Å². The van der Waals surface area contributed by atoms with E-state index in [0.717, 1.165) is 124 Å². The number of fused-ring (bicyclic) bond motifs is 4. The summed E-state index contributed by atoms with van der Waals surface area (Å²) in [6.07, 6.45) is 23.7. The molecule has 0 unspecified atom stereocenters. The van der Waals surface area contributed by atoms with Crippen LogP contribution in [0.25, 0.3) is 44.5 Å². The van der Waals surface area contributed by atoms with E-state index in [1.54, 1.807) is 106 Å². The van der Waals surface area contributed by atoms with Crippen molar-refractivity contribution in [1.29, 1.82) is 0 Å². The molecule has 0 amide bonds. The van der Waals surface area contributed by atoms with Gasteiger partial charge >= 0.3 is 0 Å². The minimum Gasteiger partial charge on any atom is -0.489 e. The molecule has 0 aliphatic heterocycles. The lowest BCUT2D eigenvalue weighted by molar-refractivity contribution is -0.119. The predicted octanol–water partition coefficient (Wildman–Crippen LogP) is 14.4. The number of hydrogen-bond donors (Lipinski definition) is 1. The molecule has 16 rings (SSSR count). The maximum Gasteiger partial charge on any atom is 0.269 e. The second-order valence-corrected chi connectivity index (χ2v) is 29.5. The van der Waals surface area contributed by atoms with Crippen LogP contribution >= 0.6 is 23.2 Å². The lowest BCUT2D eigenvalue weighted by Gasteiger charge is -2.22. The number of pyridine rings is 8. The number of aromatic nitrogens is 8. The number of carbonyl (C=O) groups excluding carboxylic acids is 4. The summed E-state index contributed by atoms with van der Waals surface area (Å²) in [6, 6.07) is 39.7. The minimum atomic E-state index is -0.399. The maximum atomic E-state index is 13.1. The van der Waals surface area contributed by atoms with Gasteiger partial charge in [-0.1, -0.05) is 65.7 Å². The van der Waals surface area contributed by atoms with Crippen LogP contribution in [-0.2, 0) is 125 Å². The first-order chi connectivity index (χ1) is 54.4. The second kappa shape index (κ2) is 35.4. The molecule has 8 aromatic heterocycles. The Kier molecular flexibility index (Phi) is 24.6. The summed E-state index contributed by atoms with van der Waals surface area (Å²) in [6.45, 7) is 5.14. The van der Waals surface area contributed by atoms with E-state index in [-0.39, 0.29) is 62.0 Å². The van der Waals surface area contributed by atoms with Crippen molar-refractivity contribution in [2.24, 2.45) is 28.2 Å². The van der Waals surface area contributed by atoms with Gasteiger partial charge in [-0.2, -0.15) is 0 Å². The van der Waals surface area contributed by atoms with Gasteiger partial charge in [-0.25, -0.2) is 4.39 Å². The lowest BCUT2D eigenvalue weighted by Crippen LogP contribution is -2.19. The molecule has 12 aromatic rings. The molecule has 0 saturated heterocycles. The predicted molar refractivity (Wildman–Crippen MR) is 433 cm³/mol. The standard InChI is InChI=1S/C23H21FN2O3.C23H23N3O2.2C22H19ClN2O3/c1-14-7-17(12-26(2)23(14)28)16-8-15-3-6-20(27)10-21(15)22(9-16)29-13-19-5-4-18(24)11-25-19;1-15-8-19(14-26(2)23(15)28)18-9-17-5-6-20(27)11-21(17)22(10-18)25-13-16-4-3-7-24-12-16;1-25-12-17(8-20(23)22(25)27)16-7-15-4-5-18(26)10-19(15)21(9-16)28-13-14-3-2-6-24-11-14;1-25-12-16(9-20(23)22(25)27)15-8-14-5-6-18(26)11-19(14)21(10-15)28-13-17-4-2-3-7-24-17/h4-5,7-9,11-12H,3,6,10,13H2,1-2H3;3-4,7-10,12,14,25H,5-6,11,13H2,1-2H3;2-3,6-9,11-12H,4-5,10,13H2,1H3;2-4,7-10,12H,5-6,11,13H2,1H3. The van der Waals surface area contributed by atoms with Crippen molar-refractivity contribution in [2.75, 3.05) is 5.32 Å². The van der Waals surface area contributed by atoms with Crippen LogP contribution in [0.15, 0.2) is 209 Å². The van der Waals surface area contributed by atoms with Crippen LogP contribution in [-0.4, -0.2) is 61.3 Å². The summed E-state index contributed by atoms with van der Waals surface area (Å²) in [5.74, 6) is 2.50. The van der Waals surface area contributed by atoms with Gasteiger partial charge in [0, 0.05) is 181 Å². The first-order valence-electron chi connectivity index (χ1n) is 37.1. The van der Waals surface area contributed by atoms with Gasteiger partial charge in [-0.05, 0) is 202 Å². The van der Waals surface area contributed by atoms with Gasteiger partial charge in [0.2, 0.25) is 0 Å². The third kappa shape index (κ3) is 19.3. The van der Waals surface area contributed by atoms with Crippen molar-refractivity contribution in [3.8, 4) is 61.8 Å². The topological polar surface area (TPSA) is 248 Å². The highest BCUT2D eigenvalue weighted by molar-refractivity contribution is 6.31. The van der Waals surface area contributed by atoms with Gasteiger partial charge in [0.15, 0.2) is 0 Å². The Morgan fingerprint density at radius 2 is 0.788 bits per heavy atom. The molecule has 4 aliphatic carbocycles. The van der Waals surface area contributed by atoms with Crippen molar-refractivity contribution in [2.45, 2.75) is 117 Å². The first-order valence-corrected chi connectivity index (χ1v) is 37.9. The van der Waals surface area contributed by atoms with E-state index in [0.29, 0.717) is 119 Å². The summed E-state index contributed by atoms with van der Waals surface area (Å²) < 4.78 is 37.4. The van der Waals surface area contributed by atoms with Crippen molar-refractivity contribution < 1.29 is 37.8 Å². The first kappa shape index (κ1) is 78.8. The minimum absolute atomic E-state index is 0.0160. The van der Waals surface area contributed by atoms with Crippen LogP contribution in [0, 0.1) is 19.7 Å². The summed E-state index contributed by atoms with van der Waals surface area (Å²) in [4.78, 5) is 113. The van der Waals surface area contributed by atoms with Crippen molar-refractivity contribution in [1.82, 2.24) is 38.2 Å². The van der Waals surface area contributed by atoms with Crippen molar-refractivity contribution in [3.63, 3.8) is 0 Å². The molecular weight excluding hydrogens is 1470 g/mol. The molecule has 23 heteroatoms. The molecular formula is C90H82Cl2FN9O11. The number of Topliss-reactive ketones (excluding diaryl/α,β-unsaturated/α-hetero) is 4. The summed E-state index contributed by atoms with van der Waals surface area (Å²) in [7, 11) is 6.85. The Balaban J connectivity index is 0.000000132. The number of hydrogen-bond acceptors (Lipinski definition) is 16. The highest BCUT2D eigenvalue weighted by atomic mass is 35.5. The summed E-state index contributed by atoms with van der Waals surface area (Å²) in [5.41, 5.74) is 21.1. The number of ether oxygens (including phenoxy) is 3. The highest BCUT2D eigenvalue weighted by Crippen LogP contribution is 2.40. The maximum absolute atomic E-state index is 13.1. The molecule has 4 aromatic carbocycles.